The van der Waals surface area contributed by atoms with Gasteiger partial charge in [-0.15, -0.1) is 11.8 Å². The van der Waals surface area contributed by atoms with Crippen LogP contribution in [-0.4, -0.2) is 63.4 Å². The number of carbonyl (C=O) groups excluding carboxylic acids is 1. The fourth-order valence-electron chi connectivity index (χ4n) is 4.04. The molecule has 0 saturated heterocycles. The number of nitro benzene ring substituents is 1. The van der Waals surface area contributed by atoms with Crippen molar-refractivity contribution in [1.82, 2.24) is 0 Å². The summed E-state index contributed by atoms with van der Waals surface area (Å²) >= 11 is 2.87. The molecule has 0 radical (unpaired) electrons. The predicted molar refractivity (Wildman–Crippen MR) is 180 cm³/mol. The Morgan fingerprint density at radius 1 is 1.10 bits per heavy atom. The lowest BCUT2D eigenvalue weighted by molar-refractivity contribution is -0.387. The van der Waals surface area contributed by atoms with Gasteiger partial charge in [0, 0.05) is 26.5 Å². The van der Waals surface area contributed by atoms with E-state index in [4.69, 9.17) is 14.2 Å². The van der Waals surface area contributed by atoms with E-state index < -0.39 is 28.4 Å². The first-order valence-corrected chi connectivity index (χ1v) is 23.2. The number of esters is 1. The van der Waals surface area contributed by atoms with Crippen molar-refractivity contribution in [3.63, 3.8) is 0 Å². The fraction of sp³-hybridized carbons (Fsp3) is 0.690. The quantitative estimate of drug-likeness (QED) is 0.0501. The van der Waals surface area contributed by atoms with E-state index in [0.717, 1.165) is 37.7 Å². The number of hydrogen-bond acceptors (Lipinski definition) is 9. The van der Waals surface area contributed by atoms with E-state index in [0.29, 0.717) is 27.9 Å². The molecule has 0 aliphatic carbocycles. The van der Waals surface area contributed by atoms with E-state index >= 15 is 0 Å². The number of aliphatic imine (C=N–C) groups is 2. The van der Waals surface area contributed by atoms with Gasteiger partial charge in [-0.2, -0.15) is 0 Å². The van der Waals surface area contributed by atoms with E-state index in [2.05, 4.69) is 58.5 Å². The Hall–Kier alpha value is -1.48. The molecule has 1 aliphatic heterocycles. The van der Waals surface area contributed by atoms with Gasteiger partial charge in [-0.05, 0) is 61.5 Å². The Balaban J connectivity index is 2.22. The van der Waals surface area contributed by atoms with Crippen molar-refractivity contribution in [2.45, 2.75) is 102 Å². The van der Waals surface area contributed by atoms with Crippen molar-refractivity contribution >= 4 is 62.5 Å². The van der Waals surface area contributed by atoms with Crippen molar-refractivity contribution in [3.05, 3.63) is 33.9 Å². The molecular formula is C29H49N3O5S2Si2. The molecule has 0 bridgehead atoms. The molecule has 8 nitrogen and oxygen atoms in total. The highest BCUT2D eigenvalue weighted by Crippen LogP contribution is 2.42. The summed E-state index contributed by atoms with van der Waals surface area (Å²) in [4.78, 5) is 35.0. The summed E-state index contributed by atoms with van der Waals surface area (Å²) in [5.41, 5.74) is 1.34. The molecule has 1 heterocycles. The van der Waals surface area contributed by atoms with Crippen molar-refractivity contribution in [2.75, 3.05) is 25.2 Å². The van der Waals surface area contributed by atoms with E-state index in [1.54, 1.807) is 6.07 Å². The van der Waals surface area contributed by atoms with Gasteiger partial charge in [-0.3, -0.25) is 19.9 Å². The van der Waals surface area contributed by atoms with Gasteiger partial charge < -0.3 is 9.16 Å². The molecule has 2 unspecified atom stereocenters. The number of hydrogen-bond donors (Lipinski definition) is 0. The third kappa shape index (κ3) is 10.6. The molecule has 1 aromatic carbocycles. The van der Waals surface area contributed by atoms with Gasteiger partial charge in [0.25, 0.3) is 5.69 Å². The minimum Gasteiger partial charge on any atom is -0.465 e. The molecule has 230 valence electrons. The predicted octanol–water partition coefficient (Wildman–Crippen LogP) is 8.61. The number of thioether (sulfide) groups is 2. The Morgan fingerprint density at radius 2 is 1.78 bits per heavy atom. The first-order chi connectivity index (χ1) is 19.0. The molecule has 2 atom stereocenters. The van der Waals surface area contributed by atoms with Crippen LogP contribution < -0.4 is 0 Å². The monoisotopic (exact) mass is 639 g/mol. The Labute approximate surface area is 257 Å². The van der Waals surface area contributed by atoms with Crippen LogP contribution in [0.5, 0.6) is 0 Å². The van der Waals surface area contributed by atoms with Crippen LogP contribution in [0.15, 0.2) is 33.1 Å². The third-order valence-corrected chi connectivity index (χ3v) is 15.7. The maximum absolute atomic E-state index is 13.4. The second-order valence-electron chi connectivity index (χ2n) is 13.2. The number of amidine groups is 1. The molecule has 12 heteroatoms. The molecule has 0 N–H and O–H groups in total. The number of ether oxygens (including phenoxy) is 1. The molecular weight excluding hydrogens is 591 g/mol. The highest BCUT2D eigenvalue weighted by atomic mass is 32.2. The number of nitro groups is 1. The highest BCUT2D eigenvalue weighted by molar-refractivity contribution is 8.13. The van der Waals surface area contributed by atoms with Gasteiger partial charge in [-0.1, -0.05) is 70.7 Å². The van der Waals surface area contributed by atoms with Gasteiger partial charge >= 0.3 is 5.97 Å². The van der Waals surface area contributed by atoms with E-state index in [1.165, 1.54) is 29.6 Å². The van der Waals surface area contributed by atoms with E-state index in [1.807, 2.05) is 19.2 Å². The second kappa shape index (κ2) is 15.3. The summed E-state index contributed by atoms with van der Waals surface area (Å²) < 4.78 is 12.0. The topological polar surface area (TPSA) is 103 Å². The summed E-state index contributed by atoms with van der Waals surface area (Å²) in [7, 11) is -3.15. The maximum atomic E-state index is 13.4. The molecule has 1 aromatic rings. The lowest BCUT2D eigenvalue weighted by Crippen LogP contribution is -2.40. The minimum absolute atomic E-state index is 0.0423. The molecule has 41 heavy (non-hydrogen) atoms. The zero-order valence-corrected chi connectivity index (χ0v) is 30.2. The first-order valence-electron chi connectivity index (χ1n) is 14.4. The van der Waals surface area contributed by atoms with Crippen LogP contribution in [0.2, 0.25) is 43.8 Å². The van der Waals surface area contributed by atoms with E-state index in [-0.39, 0.29) is 21.6 Å². The van der Waals surface area contributed by atoms with Crippen molar-refractivity contribution in [3.8, 4) is 0 Å². The lowest BCUT2D eigenvalue weighted by Gasteiger charge is -2.36. The first kappa shape index (κ1) is 35.7. The highest BCUT2D eigenvalue weighted by Gasteiger charge is 2.39. The zero-order chi connectivity index (χ0) is 31.0. The summed E-state index contributed by atoms with van der Waals surface area (Å²) in [6.07, 6.45) is 4.73. The summed E-state index contributed by atoms with van der Waals surface area (Å²) in [6.45, 7) is 20.9. The molecule has 0 saturated carbocycles. The summed E-state index contributed by atoms with van der Waals surface area (Å²) in [6, 6.07) is 5.30. The van der Waals surface area contributed by atoms with Crippen LogP contribution in [0.25, 0.3) is 0 Å². The van der Waals surface area contributed by atoms with Gasteiger partial charge in [0.15, 0.2) is 13.5 Å². The number of unbranched alkanes of at least 4 members (excludes halogenated alkanes) is 2. The van der Waals surface area contributed by atoms with Crippen LogP contribution in [0.1, 0.15) is 58.6 Å². The average Bonchev–Trinajstić information content (AvgIpc) is 2.85. The SMILES string of the molecule is CSC1=NC(c2cccc([N+](=O)[O-])c2SCCCCCO[Si](C)(C)C(C)(C)C)C(C(=O)OCC[Si](C)(C)C)C(C)=N1. The van der Waals surface area contributed by atoms with Crippen LogP contribution in [0.4, 0.5) is 5.69 Å². The Kier molecular flexibility index (Phi) is 13.3. The van der Waals surface area contributed by atoms with Crippen LogP contribution >= 0.6 is 23.5 Å². The molecule has 0 fully saturated rings. The van der Waals surface area contributed by atoms with Gasteiger partial charge in [0.2, 0.25) is 0 Å². The fourth-order valence-corrected chi connectivity index (χ4v) is 7.50. The van der Waals surface area contributed by atoms with Crippen LogP contribution in [-0.2, 0) is 14.0 Å². The van der Waals surface area contributed by atoms with Crippen LogP contribution in [0, 0.1) is 16.0 Å². The molecule has 0 spiro atoms. The van der Waals surface area contributed by atoms with Crippen molar-refractivity contribution in [1.29, 1.82) is 0 Å². The maximum Gasteiger partial charge on any atom is 0.317 e. The molecule has 0 amide bonds. The number of nitrogens with zero attached hydrogens (tertiary/aromatic N) is 3. The molecule has 2 rings (SSSR count). The largest absolute Gasteiger partial charge is 0.465 e. The van der Waals surface area contributed by atoms with E-state index in [9.17, 15) is 14.9 Å². The average molecular weight is 640 g/mol. The Morgan fingerprint density at radius 3 is 2.37 bits per heavy atom. The second-order valence-corrected chi connectivity index (χ2v) is 25.5. The van der Waals surface area contributed by atoms with Gasteiger partial charge in [0.05, 0.1) is 22.5 Å². The standard InChI is InChI=1S/C29H49N3O5S2Si2/c1-21-24(27(33)36-18-20-40(6,7)8)25(31-28(30-21)38-5)22-15-14-16-23(32(34)35)26(22)39-19-13-11-12-17-37-41(9,10)29(2,3)4/h14-16,24-25H,11-13,17-20H2,1-10H3. The summed E-state index contributed by atoms with van der Waals surface area (Å²) in [5, 5.41) is 12.8. The lowest BCUT2D eigenvalue weighted by atomic mass is 9.89. The smallest absolute Gasteiger partial charge is 0.317 e. The van der Waals surface area contributed by atoms with Crippen molar-refractivity contribution < 1.29 is 18.9 Å². The normalized spacial score (nSPS) is 18.1. The number of rotatable bonds is 14. The van der Waals surface area contributed by atoms with Crippen molar-refractivity contribution in [2.24, 2.45) is 15.9 Å². The van der Waals surface area contributed by atoms with Crippen LogP contribution in [0.3, 0.4) is 0 Å². The number of carbonyl (C=O) groups is 1. The minimum atomic E-state index is -1.76. The summed E-state index contributed by atoms with van der Waals surface area (Å²) in [5.74, 6) is -0.369. The zero-order valence-electron chi connectivity index (χ0n) is 26.5. The Bertz CT molecular complexity index is 1130. The number of benzene rings is 1. The third-order valence-electron chi connectivity index (χ3n) is 7.66. The molecule has 0 aromatic heterocycles. The molecule has 1 aliphatic rings. The van der Waals surface area contributed by atoms with Gasteiger partial charge in [-0.25, -0.2) is 4.99 Å². The van der Waals surface area contributed by atoms with Gasteiger partial charge in [0.1, 0.15) is 5.92 Å².